The molecule has 0 aliphatic rings. The molecule has 0 spiro atoms. The van der Waals surface area contributed by atoms with Gasteiger partial charge in [-0.3, -0.25) is 9.48 Å². The van der Waals surface area contributed by atoms with E-state index in [4.69, 9.17) is 12.2 Å². The van der Waals surface area contributed by atoms with Gasteiger partial charge >= 0.3 is 0 Å². The number of H-pyrrole nitrogens is 1. The fraction of sp³-hybridized carbons (Fsp3) is 0.583. The minimum Gasteiger partial charge on any atom is -0.349 e. The summed E-state index contributed by atoms with van der Waals surface area (Å²) in [6.45, 7) is 2.63. The molecule has 0 bridgehead atoms. The molecule has 2 aromatic heterocycles. The molecular weight excluding hydrogens is 262 g/mol. The third-order valence-corrected chi connectivity index (χ3v) is 3.53. The molecule has 0 fully saturated rings. The lowest BCUT2D eigenvalue weighted by atomic mass is 10.3. The number of amides is 1. The van der Waals surface area contributed by atoms with Gasteiger partial charge in [0, 0.05) is 34.1 Å². The average Bonchev–Trinajstić information content (AvgIpc) is 2.84. The lowest BCUT2D eigenvalue weighted by molar-refractivity contribution is -0.128. The molecule has 0 saturated carbocycles. The maximum Gasteiger partial charge on any atom is 0.223 e. The van der Waals surface area contributed by atoms with Gasteiger partial charge in [0.1, 0.15) is 5.52 Å². The highest BCUT2D eigenvalue weighted by molar-refractivity contribution is 7.71. The molecule has 0 aromatic carbocycles. The number of aryl methyl sites for hydroxylation is 3. The fourth-order valence-corrected chi connectivity index (χ4v) is 2.44. The normalized spacial score (nSPS) is 11.2. The van der Waals surface area contributed by atoms with Gasteiger partial charge in [-0.1, -0.05) is 6.92 Å². The highest BCUT2D eigenvalue weighted by Gasteiger charge is 2.15. The number of carbonyl (C=O) groups is 1. The van der Waals surface area contributed by atoms with E-state index in [9.17, 15) is 4.79 Å². The van der Waals surface area contributed by atoms with Crippen molar-refractivity contribution in [1.29, 1.82) is 0 Å². The van der Waals surface area contributed by atoms with Gasteiger partial charge in [0.05, 0.1) is 5.69 Å². The molecule has 104 valence electrons. The number of carbonyl (C=O) groups excluding carboxylic acids is 1. The summed E-state index contributed by atoms with van der Waals surface area (Å²) in [4.78, 5) is 16.5. The van der Waals surface area contributed by atoms with E-state index in [0.717, 1.165) is 23.3 Å². The monoisotopic (exact) mass is 281 g/mol. The summed E-state index contributed by atoms with van der Waals surface area (Å²) < 4.78 is 4.41. The number of rotatable bonds is 4. The Morgan fingerprint density at radius 1 is 1.47 bits per heavy atom. The molecule has 19 heavy (non-hydrogen) atoms. The number of nitrogens with one attached hydrogen (secondary N) is 1. The van der Waals surface area contributed by atoms with E-state index in [1.807, 2.05) is 16.3 Å². The number of aromatic amines is 1. The molecule has 2 rings (SSSR count). The number of nitrogens with zero attached hydrogens (tertiary/aromatic N) is 4. The molecule has 6 nitrogen and oxygen atoms in total. The number of aromatic nitrogens is 4. The molecule has 0 unspecified atom stereocenters. The SMILES string of the molecule is CCc1nn(C)c2c1[nH]c(=S)n2CCC(=O)N(C)C. The second kappa shape index (κ2) is 5.16. The largest absolute Gasteiger partial charge is 0.349 e. The Kier molecular flexibility index (Phi) is 3.75. The number of hydrogen-bond acceptors (Lipinski definition) is 3. The molecule has 0 saturated heterocycles. The van der Waals surface area contributed by atoms with Crippen LogP contribution in [0.3, 0.4) is 0 Å². The zero-order valence-corrected chi connectivity index (χ0v) is 12.5. The first-order valence-corrected chi connectivity index (χ1v) is 6.71. The van der Waals surface area contributed by atoms with Gasteiger partial charge in [-0.25, -0.2) is 0 Å². The van der Waals surface area contributed by atoms with Crippen LogP contribution in [0.4, 0.5) is 0 Å². The topological polar surface area (TPSA) is 58.9 Å². The Morgan fingerprint density at radius 2 is 2.16 bits per heavy atom. The quantitative estimate of drug-likeness (QED) is 0.863. The van der Waals surface area contributed by atoms with Gasteiger partial charge in [0.2, 0.25) is 5.91 Å². The second-order valence-electron chi connectivity index (χ2n) is 4.74. The van der Waals surface area contributed by atoms with Crippen molar-refractivity contribution in [3.8, 4) is 0 Å². The number of hydrogen-bond donors (Lipinski definition) is 1. The zero-order chi connectivity index (χ0) is 14.2. The van der Waals surface area contributed by atoms with Crippen molar-refractivity contribution in [1.82, 2.24) is 24.2 Å². The molecule has 0 aliphatic heterocycles. The van der Waals surface area contributed by atoms with Crippen LogP contribution >= 0.6 is 12.2 Å². The molecule has 1 amide bonds. The molecule has 1 N–H and O–H groups in total. The second-order valence-corrected chi connectivity index (χ2v) is 5.13. The van der Waals surface area contributed by atoms with Crippen LogP contribution in [-0.4, -0.2) is 44.2 Å². The predicted octanol–water partition coefficient (Wildman–Crippen LogP) is 1.47. The lowest BCUT2D eigenvalue weighted by Crippen LogP contribution is -2.23. The van der Waals surface area contributed by atoms with Gasteiger partial charge in [-0.15, -0.1) is 0 Å². The predicted molar refractivity (Wildman–Crippen MR) is 76.6 cm³/mol. The molecule has 2 aromatic rings. The Hall–Kier alpha value is -1.63. The summed E-state index contributed by atoms with van der Waals surface area (Å²) in [5.74, 6) is 0.0918. The third kappa shape index (κ3) is 2.42. The Balaban J connectivity index is 2.38. The summed E-state index contributed by atoms with van der Waals surface area (Å²) in [6.07, 6.45) is 1.28. The third-order valence-electron chi connectivity index (χ3n) is 3.21. The van der Waals surface area contributed by atoms with E-state index < -0.39 is 0 Å². The smallest absolute Gasteiger partial charge is 0.223 e. The van der Waals surface area contributed by atoms with Crippen molar-refractivity contribution in [2.24, 2.45) is 7.05 Å². The van der Waals surface area contributed by atoms with Gasteiger partial charge in [0.15, 0.2) is 10.4 Å². The van der Waals surface area contributed by atoms with Gasteiger partial charge < -0.3 is 14.5 Å². The minimum absolute atomic E-state index is 0.0918. The van der Waals surface area contributed by atoms with E-state index in [1.54, 1.807) is 19.0 Å². The van der Waals surface area contributed by atoms with Crippen LogP contribution in [0.1, 0.15) is 19.0 Å². The summed E-state index contributed by atoms with van der Waals surface area (Å²) in [5, 5.41) is 4.46. The van der Waals surface area contributed by atoms with Crippen molar-refractivity contribution in [2.75, 3.05) is 14.1 Å². The molecule has 0 radical (unpaired) electrons. The van der Waals surface area contributed by atoms with Crippen molar-refractivity contribution in [3.05, 3.63) is 10.5 Å². The summed E-state index contributed by atoms with van der Waals surface area (Å²) >= 11 is 5.33. The van der Waals surface area contributed by atoms with Crippen molar-refractivity contribution < 1.29 is 4.79 Å². The minimum atomic E-state index is 0.0918. The van der Waals surface area contributed by atoms with E-state index in [-0.39, 0.29) is 5.91 Å². The molecule has 2 heterocycles. The highest BCUT2D eigenvalue weighted by atomic mass is 32.1. The highest BCUT2D eigenvalue weighted by Crippen LogP contribution is 2.18. The molecule has 7 heteroatoms. The first kappa shape index (κ1) is 13.8. The summed E-state index contributed by atoms with van der Waals surface area (Å²) in [7, 11) is 5.41. The summed E-state index contributed by atoms with van der Waals surface area (Å²) in [5.41, 5.74) is 2.93. The first-order valence-electron chi connectivity index (χ1n) is 6.30. The Bertz CT molecular complexity index is 663. The van der Waals surface area contributed by atoms with Gasteiger partial charge in [-0.2, -0.15) is 5.10 Å². The van der Waals surface area contributed by atoms with Crippen LogP contribution in [0.25, 0.3) is 11.2 Å². The van der Waals surface area contributed by atoms with Crippen LogP contribution in [-0.2, 0) is 24.8 Å². The maximum atomic E-state index is 11.7. The molecule has 0 atom stereocenters. The summed E-state index contributed by atoms with van der Waals surface area (Å²) in [6, 6.07) is 0. The number of fused-ring (bicyclic) bond motifs is 1. The van der Waals surface area contributed by atoms with E-state index >= 15 is 0 Å². The van der Waals surface area contributed by atoms with E-state index in [1.165, 1.54) is 0 Å². The first-order chi connectivity index (χ1) is 8.95. The fourth-order valence-electron chi connectivity index (χ4n) is 2.16. The van der Waals surface area contributed by atoms with Gasteiger partial charge in [0.25, 0.3) is 0 Å². The van der Waals surface area contributed by atoms with E-state index in [0.29, 0.717) is 17.7 Å². The van der Waals surface area contributed by atoms with Crippen molar-refractivity contribution >= 4 is 29.3 Å². The van der Waals surface area contributed by atoms with Gasteiger partial charge in [-0.05, 0) is 18.6 Å². The standard InChI is InChI=1S/C12H19N5OS/c1-5-8-10-11(16(4)14-8)17(12(19)13-10)7-6-9(18)15(2)3/h5-7H2,1-4H3,(H,13,19). The van der Waals surface area contributed by atoms with Crippen LogP contribution in [0.2, 0.25) is 0 Å². The van der Waals surface area contributed by atoms with Crippen LogP contribution < -0.4 is 0 Å². The van der Waals surface area contributed by atoms with Crippen LogP contribution in [0, 0.1) is 4.77 Å². The molecule has 0 aliphatic carbocycles. The average molecular weight is 281 g/mol. The lowest BCUT2D eigenvalue weighted by Gasteiger charge is -2.10. The Morgan fingerprint density at radius 3 is 2.74 bits per heavy atom. The van der Waals surface area contributed by atoms with Crippen molar-refractivity contribution in [2.45, 2.75) is 26.3 Å². The molecular formula is C12H19N5OS. The number of imidazole rings is 1. The maximum absolute atomic E-state index is 11.7. The van der Waals surface area contributed by atoms with Crippen LogP contribution in [0.15, 0.2) is 0 Å². The zero-order valence-electron chi connectivity index (χ0n) is 11.7. The van der Waals surface area contributed by atoms with E-state index in [2.05, 4.69) is 17.0 Å². The van der Waals surface area contributed by atoms with Crippen LogP contribution in [0.5, 0.6) is 0 Å². The Labute approximate surface area is 117 Å². The van der Waals surface area contributed by atoms with Crippen molar-refractivity contribution in [3.63, 3.8) is 0 Å².